The molecule has 214 valence electrons. The molecule has 1 aromatic heterocycles. The highest BCUT2D eigenvalue weighted by Gasteiger charge is 2.28. The second-order valence-corrected chi connectivity index (χ2v) is 12.4. The molecular formula is C30H39N5O4S. The molecule has 0 saturated carbocycles. The van der Waals surface area contributed by atoms with Crippen molar-refractivity contribution in [3.8, 4) is 0 Å². The normalized spacial score (nSPS) is 15.1. The second kappa shape index (κ2) is 12.3. The van der Waals surface area contributed by atoms with Gasteiger partial charge in [0.15, 0.2) is 6.29 Å². The lowest BCUT2D eigenvalue weighted by Crippen LogP contribution is -2.41. The molecule has 4 rings (SSSR count). The molecule has 10 heteroatoms. The Morgan fingerprint density at radius 2 is 1.90 bits per heavy atom. The minimum atomic E-state index is -0.517. The van der Waals surface area contributed by atoms with E-state index in [1.165, 1.54) is 11.3 Å². The Bertz CT molecular complexity index is 1390. The van der Waals surface area contributed by atoms with Crippen LogP contribution in [-0.2, 0) is 4.74 Å². The Labute approximate surface area is 239 Å². The molecule has 0 bridgehead atoms. The Hall–Kier alpha value is -3.63. The van der Waals surface area contributed by atoms with Gasteiger partial charge < -0.3 is 31.3 Å². The number of likely N-dealkylation sites (N-methyl/N-ethyl adjacent to an activating group) is 1. The molecule has 40 heavy (non-hydrogen) atoms. The number of carbonyl (C=O) groups excluding carboxylic acids is 3. The van der Waals surface area contributed by atoms with E-state index in [1.54, 1.807) is 17.0 Å². The average Bonchev–Trinajstić information content (AvgIpc) is 3.27. The van der Waals surface area contributed by atoms with E-state index < -0.39 is 5.60 Å². The van der Waals surface area contributed by atoms with Gasteiger partial charge in [-0.3, -0.25) is 9.59 Å². The molecule has 0 spiro atoms. The summed E-state index contributed by atoms with van der Waals surface area (Å²) in [4.78, 5) is 39.6. The number of carbonyl (C=O) groups is 3. The maximum atomic E-state index is 13.2. The first-order valence-electron chi connectivity index (χ1n) is 13.6. The van der Waals surface area contributed by atoms with Crippen LogP contribution in [0.2, 0.25) is 0 Å². The Morgan fingerprint density at radius 3 is 2.52 bits per heavy atom. The number of amides is 2. The summed E-state index contributed by atoms with van der Waals surface area (Å²) >= 11 is 1.40. The molecule has 1 atom stereocenters. The van der Waals surface area contributed by atoms with Gasteiger partial charge in [-0.2, -0.15) is 0 Å². The SMILES string of the molecule is CNC(C)CNc1c(C=O)sc2ccc(C(=O)Nc3ccc(C4CCN(C(=O)OC(C)(C)C)CC4)c(N)c3)cc12. The maximum absolute atomic E-state index is 13.2. The predicted molar refractivity (Wildman–Crippen MR) is 163 cm³/mol. The van der Waals surface area contributed by atoms with Crippen molar-refractivity contribution in [2.45, 2.75) is 58.1 Å². The van der Waals surface area contributed by atoms with Gasteiger partial charge in [-0.05, 0) is 89.4 Å². The van der Waals surface area contributed by atoms with Crippen LogP contribution in [-0.4, -0.2) is 61.5 Å². The van der Waals surface area contributed by atoms with Gasteiger partial charge in [0.2, 0.25) is 0 Å². The predicted octanol–water partition coefficient (Wildman–Crippen LogP) is 5.68. The van der Waals surface area contributed by atoms with Crippen LogP contribution in [0.25, 0.3) is 10.1 Å². The smallest absolute Gasteiger partial charge is 0.410 e. The fourth-order valence-electron chi connectivity index (χ4n) is 4.81. The Morgan fingerprint density at radius 1 is 1.18 bits per heavy atom. The molecule has 0 aliphatic carbocycles. The molecule has 2 heterocycles. The number of nitrogens with two attached hydrogens (primary N) is 1. The molecule has 1 saturated heterocycles. The quantitative estimate of drug-likeness (QED) is 0.204. The lowest BCUT2D eigenvalue weighted by molar-refractivity contribution is 0.0205. The van der Waals surface area contributed by atoms with E-state index >= 15 is 0 Å². The Balaban J connectivity index is 1.43. The van der Waals surface area contributed by atoms with E-state index in [0.29, 0.717) is 41.4 Å². The molecule has 9 nitrogen and oxygen atoms in total. The van der Waals surface area contributed by atoms with Crippen molar-refractivity contribution >= 4 is 56.8 Å². The Kier molecular flexibility index (Phi) is 9.00. The van der Waals surface area contributed by atoms with Crippen molar-refractivity contribution < 1.29 is 19.1 Å². The first-order chi connectivity index (χ1) is 19.0. The molecule has 0 radical (unpaired) electrons. The first-order valence-corrected chi connectivity index (χ1v) is 14.4. The zero-order valence-corrected chi connectivity index (χ0v) is 24.6. The fraction of sp³-hybridized carbons (Fsp3) is 0.433. The van der Waals surface area contributed by atoms with Crippen LogP contribution in [0.1, 0.15) is 72.0 Å². The summed E-state index contributed by atoms with van der Waals surface area (Å²) in [6, 6.07) is 11.3. The van der Waals surface area contributed by atoms with Crippen LogP contribution in [0.15, 0.2) is 36.4 Å². The van der Waals surface area contributed by atoms with Gasteiger partial charge >= 0.3 is 6.09 Å². The van der Waals surface area contributed by atoms with Crippen molar-refractivity contribution in [3.63, 3.8) is 0 Å². The number of nitrogens with one attached hydrogen (secondary N) is 3. The van der Waals surface area contributed by atoms with Crippen molar-refractivity contribution in [2.75, 3.05) is 43.0 Å². The van der Waals surface area contributed by atoms with Crippen molar-refractivity contribution in [1.29, 1.82) is 0 Å². The van der Waals surface area contributed by atoms with Crippen LogP contribution in [0.4, 0.5) is 21.9 Å². The highest BCUT2D eigenvalue weighted by atomic mass is 32.1. The number of aldehydes is 1. The van der Waals surface area contributed by atoms with Crippen LogP contribution in [0.3, 0.4) is 0 Å². The number of ether oxygens (including phenoxy) is 1. The monoisotopic (exact) mass is 565 g/mol. The molecule has 1 aliphatic rings. The van der Waals surface area contributed by atoms with E-state index in [0.717, 1.165) is 40.5 Å². The highest BCUT2D eigenvalue weighted by molar-refractivity contribution is 7.21. The van der Waals surface area contributed by atoms with Crippen LogP contribution < -0.4 is 21.7 Å². The third-order valence-corrected chi connectivity index (χ3v) is 8.19. The average molecular weight is 566 g/mol. The molecule has 2 aromatic carbocycles. The zero-order valence-electron chi connectivity index (χ0n) is 23.8. The number of hydrogen-bond acceptors (Lipinski definition) is 8. The number of benzene rings is 2. The summed E-state index contributed by atoms with van der Waals surface area (Å²) in [6.45, 7) is 9.51. The van der Waals surface area contributed by atoms with Gasteiger partial charge in [0.25, 0.3) is 5.91 Å². The van der Waals surface area contributed by atoms with E-state index in [4.69, 9.17) is 10.5 Å². The lowest BCUT2D eigenvalue weighted by Gasteiger charge is -2.34. The minimum Gasteiger partial charge on any atom is -0.444 e. The summed E-state index contributed by atoms with van der Waals surface area (Å²) < 4.78 is 6.43. The van der Waals surface area contributed by atoms with Gasteiger partial charge in [-0.1, -0.05) is 6.07 Å². The third-order valence-electron chi connectivity index (χ3n) is 7.09. The van der Waals surface area contributed by atoms with E-state index in [2.05, 4.69) is 16.0 Å². The van der Waals surface area contributed by atoms with E-state index in [-0.39, 0.29) is 24.0 Å². The second-order valence-electron chi connectivity index (χ2n) is 11.3. The van der Waals surface area contributed by atoms with Gasteiger partial charge in [-0.25, -0.2) is 4.79 Å². The summed E-state index contributed by atoms with van der Waals surface area (Å²) in [5.41, 5.74) is 9.39. The number of likely N-dealkylation sites (tertiary alicyclic amines) is 1. The number of nitrogen functional groups attached to an aromatic ring is 1. The van der Waals surface area contributed by atoms with Crippen molar-refractivity contribution in [2.24, 2.45) is 0 Å². The number of rotatable bonds is 8. The molecular weight excluding hydrogens is 526 g/mol. The molecule has 5 N–H and O–H groups in total. The molecule has 1 unspecified atom stereocenters. The number of piperidine rings is 1. The fourth-order valence-corrected chi connectivity index (χ4v) is 5.78. The van der Waals surface area contributed by atoms with E-state index in [9.17, 15) is 14.4 Å². The number of thiophene rings is 1. The molecule has 1 aliphatic heterocycles. The summed E-state index contributed by atoms with van der Waals surface area (Å²) in [7, 11) is 1.88. The van der Waals surface area contributed by atoms with Crippen molar-refractivity contribution in [3.05, 3.63) is 52.4 Å². The van der Waals surface area contributed by atoms with Gasteiger partial charge in [0, 0.05) is 52.7 Å². The van der Waals surface area contributed by atoms with Crippen molar-refractivity contribution in [1.82, 2.24) is 10.2 Å². The van der Waals surface area contributed by atoms with Crippen LogP contribution >= 0.6 is 11.3 Å². The largest absolute Gasteiger partial charge is 0.444 e. The number of anilines is 3. The van der Waals surface area contributed by atoms with E-state index in [1.807, 2.05) is 59.0 Å². The van der Waals surface area contributed by atoms with Crippen LogP contribution in [0, 0.1) is 0 Å². The summed E-state index contributed by atoms with van der Waals surface area (Å²) in [6.07, 6.45) is 2.16. The standard InChI is InChI=1S/C30H39N5O4S/c1-18(32-5)16-33-27-23-14-20(6-9-25(23)40-26(27)17-36)28(37)34-21-7-8-22(24(31)15-21)19-10-12-35(13-11-19)29(38)39-30(2,3)4/h6-9,14-15,17-19,32-33H,10-13,16,31H2,1-5H3,(H,34,37). The molecule has 3 aromatic rings. The number of fused-ring (bicyclic) bond motifs is 1. The lowest BCUT2D eigenvalue weighted by atomic mass is 9.88. The van der Waals surface area contributed by atoms with Gasteiger partial charge in [0.05, 0.1) is 10.6 Å². The topological polar surface area (TPSA) is 126 Å². The zero-order chi connectivity index (χ0) is 29.0. The molecule has 2 amide bonds. The van der Waals surface area contributed by atoms with Gasteiger partial charge in [0.1, 0.15) is 5.60 Å². The van der Waals surface area contributed by atoms with Crippen LogP contribution in [0.5, 0.6) is 0 Å². The van der Waals surface area contributed by atoms with Gasteiger partial charge in [-0.15, -0.1) is 11.3 Å². The number of hydrogen-bond donors (Lipinski definition) is 4. The summed E-state index contributed by atoms with van der Waals surface area (Å²) in [5.74, 6) is -0.0267. The highest BCUT2D eigenvalue weighted by Crippen LogP contribution is 2.36. The summed E-state index contributed by atoms with van der Waals surface area (Å²) in [5, 5.41) is 10.3. The maximum Gasteiger partial charge on any atom is 0.410 e. The molecule has 1 fully saturated rings. The number of nitrogens with zero attached hydrogens (tertiary/aromatic N) is 1. The first kappa shape index (κ1) is 29.4. The minimum absolute atomic E-state index is 0.215. The third kappa shape index (κ3) is 6.92.